The number of anilines is 1. The van der Waals surface area contributed by atoms with Gasteiger partial charge in [0.2, 0.25) is 0 Å². The molecule has 0 aliphatic rings. The zero-order valence-electron chi connectivity index (χ0n) is 14.1. The average Bonchev–Trinajstić information content (AvgIpc) is 2.70. The van der Waals surface area contributed by atoms with Crippen molar-refractivity contribution in [2.24, 2.45) is 0 Å². The van der Waals surface area contributed by atoms with Crippen LogP contribution < -0.4 is 4.53 Å². The van der Waals surface area contributed by atoms with Crippen LogP contribution in [0, 0.1) is 5.82 Å². The van der Waals surface area contributed by atoms with Crippen LogP contribution in [0.2, 0.25) is 0 Å². The minimum Gasteiger partial charge on any atom is -0.370 e. The van der Waals surface area contributed by atoms with E-state index in [1.807, 2.05) is 0 Å². The molecule has 0 saturated carbocycles. The molecule has 0 spiro atoms. The third kappa shape index (κ3) is 4.66. The summed E-state index contributed by atoms with van der Waals surface area (Å²) in [5, 5.41) is 0. The van der Waals surface area contributed by atoms with E-state index in [0.717, 1.165) is 5.56 Å². The van der Waals surface area contributed by atoms with Crippen molar-refractivity contribution in [2.45, 2.75) is 18.1 Å². The van der Waals surface area contributed by atoms with Gasteiger partial charge in [-0.05, 0) is 42.0 Å². The second-order valence-corrected chi connectivity index (χ2v) is 7.38. The highest BCUT2D eigenvalue weighted by molar-refractivity contribution is 7.92. The first kappa shape index (κ1) is 18.9. The molecular weight excluding hydrogens is 374 g/mol. The maximum atomic E-state index is 14.5. The van der Waals surface area contributed by atoms with Gasteiger partial charge in [0.25, 0.3) is 10.0 Å². The number of sulfonamides is 1. The number of hydrogen-bond donors (Lipinski definition) is 0. The molecule has 0 radical (unpaired) electrons. The van der Waals surface area contributed by atoms with Gasteiger partial charge in [0, 0.05) is 0 Å². The molecule has 2 aromatic carbocycles. The van der Waals surface area contributed by atoms with Crippen molar-refractivity contribution in [3.63, 3.8) is 0 Å². The topological polar surface area (TPSA) is 59.5 Å². The summed E-state index contributed by atoms with van der Waals surface area (Å²) in [5.74, 6) is -0.697. The normalized spacial score (nSPS) is 11.3. The maximum Gasteiger partial charge on any atom is 0.292 e. The molecule has 0 atom stereocenters. The van der Waals surface area contributed by atoms with Gasteiger partial charge in [-0.25, -0.2) is 9.37 Å². The molecule has 0 aliphatic heterocycles. The van der Waals surface area contributed by atoms with Crippen LogP contribution in [-0.4, -0.2) is 13.4 Å². The second-order valence-electron chi connectivity index (χ2n) is 5.64. The molecule has 1 heterocycles. The van der Waals surface area contributed by atoms with Crippen molar-refractivity contribution in [1.82, 2.24) is 4.98 Å². The van der Waals surface area contributed by atoms with Crippen molar-refractivity contribution in [3.8, 4) is 0 Å². The van der Waals surface area contributed by atoms with Gasteiger partial charge >= 0.3 is 0 Å². The smallest absolute Gasteiger partial charge is 0.292 e. The molecule has 0 bridgehead atoms. The Morgan fingerprint density at radius 3 is 2.30 bits per heavy atom. The fourth-order valence-electron chi connectivity index (χ4n) is 2.31. The van der Waals surface area contributed by atoms with E-state index >= 15 is 0 Å². The van der Waals surface area contributed by atoms with Crippen LogP contribution in [-0.2, 0) is 28.0 Å². The second kappa shape index (κ2) is 8.24. The molecule has 3 rings (SSSR count). The van der Waals surface area contributed by atoms with E-state index in [0.29, 0.717) is 5.69 Å². The van der Waals surface area contributed by atoms with E-state index in [9.17, 15) is 17.3 Å². The van der Waals surface area contributed by atoms with Crippen molar-refractivity contribution in [1.29, 1.82) is 0 Å². The van der Waals surface area contributed by atoms with Crippen molar-refractivity contribution in [2.75, 3.05) is 4.53 Å². The monoisotopic (exact) mass is 390 g/mol. The van der Waals surface area contributed by atoms with Crippen LogP contribution in [0.15, 0.2) is 77.7 Å². The number of benzene rings is 2. The zero-order valence-corrected chi connectivity index (χ0v) is 14.9. The number of ether oxygens (including phenoxy) is 1. The van der Waals surface area contributed by atoms with E-state index < -0.39 is 10.0 Å². The van der Waals surface area contributed by atoms with Gasteiger partial charge in [0.1, 0.15) is 5.82 Å². The summed E-state index contributed by atoms with van der Waals surface area (Å²) in [7, 11) is -4.35. The molecule has 0 aliphatic carbocycles. The summed E-state index contributed by atoms with van der Waals surface area (Å²) in [6, 6.07) is 17.4. The van der Waals surface area contributed by atoms with Gasteiger partial charge < -0.3 is 4.74 Å². The first-order valence-electron chi connectivity index (χ1n) is 8.01. The van der Waals surface area contributed by atoms with Crippen LogP contribution in [0.3, 0.4) is 0 Å². The van der Waals surface area contributed by atoms with Gasteiger partial charge in [-0.2, -0.15) is 8.42 Å². The molecule has 0 unspecified atom stereocenters. The molecule has 3 aromatic rings. The van der Waals surface area contributed by atoms with Gasteiger partial charge in [-0.1, -0.05) is 45.4 Å². The molecule has 140 valence electrons. The summed E-state index contributed by atoms with van der Waals surface area (Å²) in [6.45, 7) is 0.262. The van der Waals surface area contributed by atoms with Crippen LogP contribution in [0.4, 0.5) is 14.7 Å². The minimum absolute atomic E-state index is 0.0461. The Bertz CT molecular complexity index is 997. The van der Waals surface area contributed by atoms with Crippen molar-refractivity contribution >= 4 is 15.8 Å². The lowest BCUT2D eigenvalue weighted by Gasteiger charge is -2.14. The van der Waals surface area contributed by atoms with Gasteiger partial charge in [-0.15, -0.1) is 0 Å². The molecule has 0 amide bonds. The fraction of sp³-hybridized carbons (Fsp3) is 0.105. The third-order valence-corrected chi connectivity index (χ3v) is 5.13. The largest absolute Gasteiger partial charge is 0.370 e. The van der Waals surface area contributed by atoms with Crippen LogP contribution in [0.1, 0.15) is 11.3 Å². The number of pyridine rings is 1. The van der Waals surface area contributed by atoms with Crippen molar-refractivity contribution in [3.05, 3.63) is 89.9 Å². The Labute approximate surface area is 155 Å². The van der Waals surface area contributed by atoms with Gasteiger partial charge in [0.15, 0.2) is 5.82 Å². The number of nitrogens with zero attached hydrogens (tertiary/aromatic N) is 2. The first-order chi connectivity index (χ1) is 13.0. The SMILES string of the molecule is O=S(=O)(c1ccccc1)N(F)c1cccc(COCc2ccc(F)cc2)n1. The van der Waals surface area contributed by atoms with Crippen LogP contribution in [0.25, 0.3) is 0 Å². The lowest BCUT2D eigenvalue weighted by atomic mass is 10.2. The summed E-state index contributed by atoms with van der Waals surface area (Å²) >= 11 is 0. The number of aromatic nitrogens is 1. The Morgan fingerprint density at radius 2 is 1.59 bits per heavy atom. The number of rotatable bonds is 7. The summed E-state index contributed by atoms with van der Waals surface area (Å²) < 4.78 is 57.1. The quantitative estimate of drug-likeness (QED) is 0.572. The molecule has 27 heavy (non-hydrogen) atoms. The minimum atomic E-state index is -4.35. The predicted octanol–water partition coefficient (Wildman–Crippen LogP) is 4.02. The third-order valence-electron chi connectivity index (χ3n) is 3.66. The number of hydrogen-bond acceptors (Lipinski definition) is 4. The van der Waals surface area contributed by atoms with Crippen molar-refractivity contribution < 1.29 is 22.0 Å². The summed E-state index contributed by atoms with van der Waals surface area (Å²) in [5.41, 5.74) is 1.13. The van der Waals surface area contributed by atoms with Crippen LogP contribution >= 0.6 is 0 Å². The molecule has 0 saturated heterocycles. The highest BCUT2D eigenvalue weighted by atomic mass is 32.2. The van der Waals surface area contributed by atoms with E-state index in [4.69, 9.17) is 4.74 Å². The highest BCUT2D eigenvalue weighted by Crippen LogP contribution is 2.22. The lowest BCUT2D eigenvalue weighted by Crippen LogP contribution is -2.23. The molecule has 8 heteroatoms. The van der Waals surface area contributed by atoms with E-state index in [1.165, 1.54) is 48.5 Å². The van der Waals surface area contributed by atoms with Gasteiger partial charge in [0.05, 0.1) is 23.8 Å². The number of halogens is 2. The van der Waals surface area contributed by atoms with Gasteiger partial charge in [-0.3, -0.25) is 0 Å². The zero-order chi connectivity index (χ0) is 19.3. The highest BCUT2D eigenvalue weighted by Gasteiger charge is 2.26. The molecule has 5 nitrogen and oxygen atoms in total. The first-order valence-corrected chi connectivity index (χ1v) is 9.45. The average molecular weight is 390 g/mol. The van der Waals surface area contributed by atoms with E-state index in [2.05, 4.69) is 4.98 Å². The Balaban J connectivity index is 1.68. The molecule has 0 fully saturated rings. The fourth-order valence-corrected chi connectivity index (χ4v) is 3.34. The molecule has 0 N–H and O–H groups in total. The summed E-state index contributed by atoms with van der Waals surface area (Å²) in [4.78, 5) is 3.82. The lowest BCUT2D eigenvalue weighted by molar-refractivity contribution is 0.104. The Kier molecular flexibility index (Phi) is 5.78. The predicted molar refractivity (Wildman–Crippen MR) is 96.3 cm³/mol. The summed E-state index contributed by atoms with van der Waals surface area (Å²) in [6.07, 6.45) is 0. The Hall–Kier alpha value is -2.84. The van der Waals surface area contributed by atoms with E-state index in [-0.39, 0.29) is 34.3 Å². The Morgan fingerprint density at radius 1 is 0.889 bits per heavy atom. The molecular formula is C19H16F2N2O3S. The van der Waals surface area contributed by atoms with Crippen LogP contribution in [0.5, 0.6) is 0 Å². The maximum absolute atomic E-state index is 14.5. The van der Waals surface area contributed by atoms with E-state index in [1.54, 1.807) is 24.3 Å². The standard InChI is InChI=1S/C19H16F2N2O3S/c20-16-11-9-15(10-12-16)13-26-14-17-5-4-8-19(22-17)23(21)27(24,25)18-6-2-1-3-7-18/h1-12H,13-14H2. The molecule has 1 aromatic heterocycles.